The van der Waals surface area contributed by atoms with Crippen LogP contribution in [0.2, 0.25) is 18.1 Å². The highest BCUT2D eigenvalue weighted by atomic mass is 28.4. The van der Waals surface area contributed by atoms with Crippen LogP contribution in [0.3, 0.4) is 0 Å². The third-order valence-electron chi connectivity index (χ3n) is 11.2. The van der Waals surface area contributed by atoms with Gasteiger partial charge in [-0.15, -0.1) is 0 Å². The minimum Gasteiger partial charge on any atom is -0.497 e. The van der Waals surface area contributed by atoms with Gasteiger partial charge in [0.1, 0.15) is 53.2 Å². The normalized spacial score (nSPS) is 18.7. The number of hydrogen-bond acceptors (Lipinski definition) is 9. The molecule has 1 saturated heterocycles. The van der Waals surface area contributed by atoms with Crippen molar-refractivity contribution < 1.29 is 33.3 Å². The van der Waals surface area contributed by atoms with Crippen molar-refractivity contribution in [3.05, 3.63) is 150 Å². The van der Waals surface area contributed by atoms with Crippen molar-refractivity contribution in [2.24, 2.45) is 0 Å². The first-order valence-corrected chi connectivity index (χ1v) is 21.9. The second-order valence-electron chi connectivity index (χ2n) is 15.7. The zero-order valence-corrected chi connectivity index (χ0v) is 34.4. The summed E-state index contributed by atoms with van der Waals surface area (Å²) in [6.07, 6.45) is -0.223. The number of methoxy groups -OCH3 is 2. The lowest BCUT2D eigenvalue weighted by Crippen LogP contribution is -2.49. The number of carbonyl (C=O) groups excluding carboxylic acids is 1. The van der Waals surface area contributed by atoms with Crippen molar-refractivity contribution in [3.63, 3.8) is 0 Å². The largest absolute Gasteiger partial charge is 0.497 e. The Morgan fingerprint density at radius 3 is 1.93 bits per heavy atom. The number of carbonyl (C=O) groups is 1. The maximum atomic E-state index is 13.2. The van der Waals surface area contributed by atoms with E-state index in [0.29, 0.717) is 33.9 Å². The summed E-state index contributed by atoms with van der Waals surface area (Å²) in [7, 11) is 0.798. The van der Waals surface area contributed by atoms with Gasteiger partial charge in [-0.25, -0.2) is 9.97 Å². The second-order valence-corrected chi connectivity index (χ2v) is 20.5. The van der Waals surface area contributed by atoms with Gasteiger partial charge in [-0.05, 0) is 77.3 Å². The Morgan fingerprint density at radius 1 is 0.807 bits per heavy atom. The van der Waals surface area contributed by atoms with E-state index in [1.54, 1.807) is 26.4 Å². The average Bonchev–Trinajstić information content (AvgIpc) is 3.79. The van der Waals surface area contributed by atoms with Crippen LogP contribution in [0.15, 0.2) is 128 Å². The smallest absolute Gasteiger partial charge is 0.256 e. The quantitative estimate of drug-likeness (QED) is 0.0878. The van der Waals surface area contributed by atoms with Crippen LogP contribution in [0.25, 0.3) is 11.0 Å². The fourth-order valence-electron chi connectivity index (χ4n) is 7.05. The lowest BCUT2D eigenvalue weighted by Gasteiger charge is -2.40. The molecule has 4 atom stereocenters. The van der Waals surface area contributed by atoms with Crippen molar-refractivity contribution >= 4 is 31.1 Å². The minimum atomic E-state index is -2.48. The molecule has 0 radical (unpaired) electrons. The number of benzene rings is 4. The van der Waals surface area contributed by atoms with Crippen LogP contribution in [-0.2, 0) is 19.5 Å². The highest BCUT2D eigenvalue weighted by Crippen LogP contribution is 2.45. The zero-order valence-electron chi connectivity index (χ0n) is 33.4. The predicted octanol–water partition coefficient (Wildman–Crippen LogP) is 8.36. The number of amides is 1. The SMILES string of the molecule is COc1ccc(C(OC[C@H]2O[C@@H](n3ccc4c(NC(=O)c5ccccc5)ncnc43)[C@H](O[Si](C)(C)C(C)(C)C)[C@H]2O)(c2ccccc2)c2ccc(OC)cc2)cc1. The summed E-state index contributed by atoms with van der Waals surface area (Å²) in [5.74, 6) is 1.50. The zero-order chi connectivity index (χ0) is 40.4. The van der Waals surface area contributed by atoms with Gasteiger partial charge in [0, 0.05) is 11.8 Å². The van der Waals surface area contributed by atoms with E-state index in [-0.39, 0.29) is 17.6 Å². The molecule has 1 amide bonds. The molecule has 0 aliphatic carbocycles. The van der Waals surface area contributed by atoms with Crippen molar-refractivity contribution in [3.8, 4) is 11.5 Å². The molecular weight excluding hydrogens is 737 g/mol. The van der Waals surface area contributed by atoms with Gasteiger partial charge in [0.2, 0.25) is 0 Å². The van der Waals surface area contributed by atoms with E-state index in [1.165, 1.54) is 6.33 Å². The number of nitrogens with one attached hydrogen (secondary N) is 1. The van der Waals surface area contributed by atoms with Gasteiger partial charge in [0.25, 0.3) is 5.91 Å². The van der Waals surface area contributed by atoms with Crippen molar-refractivity contribution in [2.45, 2.75) is 69.0 Å². The maximum absolute atomic E-state index is 13.2. The van der Waals surface area contributed by atoms with E-state index in [4.69, 9.17) is 23.4 Å². The number of nitrogens with zero attached hydrogens (tertiary/aromatic N) is 3. The number of aliphatic hydroxyl groups excluding tert-OH is 1. The van der Waals surface area contributed by atoms with Crippen LogP contribution in [0, 0.1) is 0 Å². The van der Waals surface area contributed by atoms with Gasteiger partial charge in [-0.1, -0.05) is 93.6 Å². The lowest BCUT2D eigenvalue weighted by molar-refractivity contribution is -0.0939. The molecule has 0 saturated carbocycles. The van der Waals surface area contributed by atoms with Crippen molar-refractivity contribution in [2.75, 3.05) is 26.1 Å². The molecule has 0 bridgehead atoms. The van der Waals surface area contributed by atoms with E-state index in [9.17, 15) is 9.90 Å². The van der Waals surface area contributed by atoms with Gasteiger partial charge in [-0.2, -0.15) is 0 Å². The van der Waals surface area contributed by atoms with E-state index in [1.807, 2.05) is 114 Å². The number of hydrogen-bond donors (Lipinski definition) is 2. The first-order chi connectivity index (χ1) is 27.4. The summed E-state index contributed by atoms with van der Waals surface area (Å²) in [5.41, 5.74) is 2.50. The number of rotatable bonds is 13. The number of ether oxygens (including phenoxy) is 4. The molecule has 3 heterocycles. The molecule has 1 aliphatic rings. The van der Waals surface area contributed by atoms with Gasteiger partial charge < -0.3 is 38.4 Å². The molecule has 4 aromatic carbocycles. The predicted molar refractivity (Wildman–Crippen MR) is 222 cm³/mol. The highest BCUT2D eigenvalue weighted by molar-refractivity contribution is 6.74. The first-order valence-electron chi connectivity index (χ1n) is 19.0. The van der Waals surface area contributed by atoms with Gasteiger partial charge in [0.15, 0.2) is 14.5 Å². The van der Waals surface area contributed by atoms with E-state index in [0.717, 1.165) is 16.7 Å². The molecule has 296 valence electrons. The Bertz CT molecular complexity index is 2230. The molecule has 7 rings (SSSR count). The number of fused-ring (bicyclic) bond motifs is 1. The van der Waals surface area contributed by atoms with Crippen molar-refractivity contribution in [1.29, 1.82) is 0 Å². The molecule has 2 N–H and O–H groups in total. The molecule has 1 fully saturated rings. The fourth-order valence-corrected chi connectivity index (χ4v) is 8.34. The molecule has 12 heteroatoms. The van der Waals surface area contributed by atoms with Crippen LogP contribution in [-0.4, -0.2) is 73.0 Å². The van der Waals surface area contributed by atoms with Crippen LogP contribution in [0.5, 0.6) is 11.5 Å². The van der Waals surface area contributed by atoms with E-state index in [2.05, 4.69) is 49.1 Å². The second kappa shape index (κ2) is 16.2. The van der Waals surface area contributed by atoms with Gasteiger partial charge in [0.05, 0.1) is 26.2 Å². The summed E-state index contributed by atoms with van der Waals surface area (Å²) >= 11 is 0. The third kappa shape index (κ3) is 7.83. The lowest BCUT2D eigenvalue weighted by atomic mass is 9.80. The number of anilines is 1. The summed E-state index contributed by atoms with van der Waals surface area (Å²) in [5, 5.41) is 15.7. The Balaban J connectivity index is 1.28. The minimum absolute atomic E-state index is 0.00541. The van der Waals surface area contributed by atoms with Gasteiger partial charge >= 0.3 is 0 Å². The van der Waals surface area contributed by atoms with Crippen LogP contribution < -0.4 is 14.8 Å². The maximum Gasteiger partial charge on any atom is 0.256 e. The molecule has 11 nitrogen and oxygen atoms in total. The van der Waals surface area contributed by atoms with Crippen molar-refractivity contribution in [1.82, 2.24) is 14.5 Å². The summed E-state index contributed by atoms with van der Waals surface area (Å²) in [6, 6.07) is 36.4. The van der Waals surface area contributed by atoms with Crippen LogP contribution in [0.1, 0.15) is 54.0 Å². The monoisotopic (exact) mass is 786 g/mol. The highest BCUT2D eigenvalue weighted by Gasteiger charge is 2.52. The summed E-state index contributed by atoms with van der Waals surface area (Å²) in [6.45, 7) is 10.8. The summed E-state index contributed by atoms with van der Waals surface area (Å²) < 4.78 is 34.0. The molecule has 57 heavy (non-hydrogen) atoms. The van der Waals surface area contributed by atoms with Gasteiger partial charge in [-0.3, -0.25) is 4.79 Å². The van der Waals surface area contributed by atoms with Crippen LogP contribution >= 0.6 is 0 Å². The Morgan fingerprint density at radius 2 is 1.37 bits per heavy atom. The third-order valence-corrected chi connectivity index (χ3v) is 15.7. The fraction of sp³-hybridized carbons (Fsp3) is 0.311. The molecule has 0 unspecified atom stereocenters. The average molecular weight is 787 g/mol. The number of aliphatic hydroxyl groups is 1. The molecule has 6 aromatic rings. The standard InChI is InChI=1S/C45H50N4O7Si/c1-44(2,3)57(6,7)56-39-38(50)37(55-43(39)49-27-26-36-40(46-29-47-41(36)49)48-42(51)30-14-10-8-11-15-30)28-54-45(31-16-12-9-13-17-31,32-18-22-34(52-4)23-19-32)33-20-24-35(53-5)25-21-33/h8-27,29,37-39,43,50H,28H2,1-7H3,(H,46,47,48,51)/t37-,38+,39-,43-/m1/s1. The topological polar surface area (TPSA) is 126 Å². The Kier molecular flexibility index (Phi) is 11.4. The van der Waals surface area contributed by atoms with Crippen LogP contribution in [0.4, 0.5) is 5.82 Å². The Hall–Kier alpha value is -5.37. The molecule has 1 aliphatic heterocycles. The summed E-state index contributed by atoms with van der Waals surface area (Å²) in [4.78, 5) is 22.2. The Labute approximate surface area is 334 Å². The number of aromatic nitrogens is 3. The molecule has 2 aromatic heterocycles. The van der Waals surface area contributed by atoms with E-state index < -0.39 is 38.5 Å². The first kappa shape index (κ1) is 39.8. The van der Waals surface area contributed by atoms with E-state index >= 15 is 0 Å². The molecular formula is C45H50N4O7Si. The molecule has 0 spiro atoms.